The molecule has 0 bridgehead atoms. The maximum atomic E-state index is 10.9. The maximum Gasteiger partial charge on any atom is 0.120 e. The Hall–Kier alpha value is -2.54. The van der Waals surface area contributed by atoms with Crippen LogP contribution in [0.15, 0.2) is 72.8 Å². The van der Waals surface area contributed by atoms with Gasteiger partial charge in [-0.15, -0.1) is 0 Å². The van der Waals surface area contributed by atoms with Gasteiger partial charge in [0.2, 0.25) is 0 Å². The summed E-state index contributed by atoms with van der Waals surface area (Å²) in [4.78, 5) is 0. The normalized spacial score (nSPS) is 11.5. The highest BCUT2D eigenvalue weighted by Crippen LogP contribution is 2.43. The molecule has 3 rings (SSSR count). The first-order valence-electron chi connectivity index (χ1n) is 10.0. The first-order chi connectivity index (χ1) is 13.1. The van der Waals surface area contributed by atoms with E-state index in [0.717, 1.165) is 17.5 Å². The van der Waals surface area contributed by atoms with Gasteiger partial charge in [0.15, 0.2) is 0 Å². The van der Waals surface area contributed by atoms with Crippen molar-refractivity contribution in [2.45, 2.75) is 51.9 Å². The minimum Gasteiger partial charge on any atom is -0.508 e. The van der Waals surface area contributed by atoms with E-state index < -0.39 is 0 Å². The van der Waals surface area contributed by atoms with Gasteiger partial charge in [-0.1, -0.05) is 100 Å². The summed E-state index contributed by atoms with van der Waals surface area (Å²) in [6.07, 6.45) is 4.74. The van der Waals surface area contributed by atoms with Crippen molar-refractivity contribution in [1.82, 2.24) is 0 Å². The zero-order chi connectivity index (χ0) is 19.3. The molecule has 0 atom stereocenters. The van der Waals surface area contributed by atoms with Gasteiger partial charge < -0.3 is 5.11 Å². The summed E-state index contributed by atoms with van der Waals surface area (Å²) < 4.78 is 0. The fourth-order valence-electron chi connectivity index (χ4n) is 3.99. The van der Waals surface area contributed by atoms with Crippen molar-refractivity contribution < 1.29 is 5.11 Å². The number of aromatic hydroxyl groups is 1. The molecule has 0 aliphatic rings. The van der Waals surface area contributed by atoms with Crippen LogP contribution in [0.2, 0.25) is 0 Å². The van der Waals surface area contributed by atoms with Crippen molar-refractivity contribution in [3.05, 3.63) is 89.5 Å². The van der Waals surface area contributed by atoms with Crippen LogP contribution in [-0.4, -0.2) is 5.11 Å². The molecule has 140 valence electrons. The number of rotatable bonds is 7. The Balaban J connectivity index is 2.13. The van der Waals surface area contributed by atoms with E-state index in [9.17, 15) is 5.11 Å². The largest absolute Gasteiger partial charge is 0.508 e. The van der Waals surface area contributed by atoms with Gasteiger partial charge in [0.1, 0.15) is 5.75 Å². The van der Waals surface area contributed by atoms with Crippen LogP contribution in [0, 0.1) is 0 Å². The SMILES string of the molecule is CCCCCc1ccccc1-c1cccc(O)c1C(C)(C)c1ccccc1. The fraction of sp³-hybridized carbons (Fsp3) is 0.308. The Labute approximate surface area is 163 Å². The smallest absolute Gasteiger partial charge is 0.120 e. The van der Waals surface area contributed by atoms with E-state index in [1.54, 1.807) is 0 Å². The second kappa shape index (κ2) is 8.43. The third kappa shape index (κ3) is 4.08. The summed E-state index contributed by atoms with van der Waals surface area (Å²) in [6, 6.07) is 25.0. The van der Waals surface area contributed by atoms with E-state index in [2.05, 4.69) is 75.4 Å². The molecule has 0 amide bonds. The summed E-state index contributed by atoms with van der Waals surface area (Å²) in [5.41, 5.74) is 5.65. The lowest BCUT2D eigenvalue weighted by Crippen LogP contribution is -2.20. The Morgan fingerprint density at radius 1 is 0.741 bits per heavy atom. The first-order valence-corrected chi connectivity index (χ1v) is 10.0. The highest BCUT2D eigenvalue weighted by Gasteiger charge is 2.29. The van der Waals surface area contributed by atoms with Crippen LogP contribution in [0.25, 0.3) is 11.1 Å². The van der Waals surface area contributed by atoms with Crippen molar-refractivity contribution in [2.24, 2.45) is 0 Å². The summed E-state index contributed by atoms with van der Waals surface area (Å²) in [7, 11) is 0. The molecular formula is C26H30O. The van der Waals surface area contributed by atoms with Gasteiger partial charge in [0.05, 0.1) is 0 Å². The molecule has 1 heteroatoms. The Kier molecular flexibility index (Phi) is 6.01. The van der Waals surface area contributed by atoms with Crippen LogP contribution < -0.4 is 0 Å². The van der Waals surface area contributed by atoms with Gasteiger partial charge in [-0.3, -0.25) is 0 Å². The van der Waals surface area contributed by atoms with Gasteiger partial charge in [-0.05, 0) is 41.2 Å². The standard InChI is InChI=1S/C26H30O/c1-4-5-7-13-20-14-10-11-17-22(20)23-18-12-19-24(27)25(23)26(2,3)21-15-8-6-9-16-21/h6,8-12,14-19,27H,4-5,7,13H2,1-3H3. The van der Waals surface area contributed by atoms with Crippen LogP contribution in [-0.2, 0) is 11.8 Å². The number of phenolic OH excluding ortho intramolecular Hbond substituents is 1. The van der Waals surface area contributed by atoms with E-state index in [1.807, 2.05) is 18.2 Å². The minimum absolute atomic E-state index is 0.293. The van der Waals surface area contributed by atoms with Crippen molar-refractivity contribution in [3.63, 3.8) is 0 Å². The summed E-state index contributed by atoms with van der Waals surface area (Å²) in [5, 5.41) is 10.9. The second-order valence-corrected chi connectivity index (χ2v) is 7.80. The number of hydrogen-bond donors (Lipinski definition) is 1. The molecule has 0 aromatic heterocycles. The van der Waals surface area contributed by atoms with Gasteiger partial charge in [0.25, 0.3) is 0 Å². The second-order valence-electron chi connectivity index (χ2n) is 7.80. The molecule has 3 aromatic rings. The number of phenols is 1. The maximum absolute atomic E-state index is 10.9. The van der Waals surface area contributed by atoms with Crippen LogP contribution >= 0.6 is 0 Å². The van der Waals surface area contributed by atoms with E-state index in [4.69, 9.17) is 0 Å². The summed E-state index contributed by atoms with van der Waals surface area (Å²) in [6.45, 7) is 6.63. The molecule has 27 heavy (non-hydrogen) atoms. The Bertz CT molecular complexity index is 878. The van der Waals surface area contributed by atoms with Crippen molar-refractivity contribution in [3.8, 4) is 16.9 Å². The van der Waals surface area contributed by atoms with Crippen molar-refractivity contribution in [2.75, 3.05) is 0 Å². The lowest BCUT2D eigenvalue weighted by atomic mass is 9.74. The fourth-order valence-corrected chi connectivity index (χ4v) is 3.99. The summed E-state index contributed by atoms with van der Waals surface area (Å²) >= 11 is 0. The van der Waals surface area contributed by atoms with Gasteiger partial charge >= 0.3 is 0 Å². The highest BCUT2D eigenvalue weighted by atomic mass is 16.3. The van der Waals surface area contributed by atoms with Crippen LogP contribution in [0.1, 0.15) is 56.7 Å². The molecule has 1 N–H and O–H groups in total. The van der Waals surface area contributed by atoms with Crippen LogP contribution in [0.5, 0.6) is 5.75 Å². The van der Waals surface area contributed by atoms with Crippen molar-refractivity contribution >= 4 is 0 Å². The number of benzene rings is 3. The van der Waals surface area contributed by atoms with Gasteiger partial charge in [-0.2, -0.15) is 0 Å². The molecule has 0 unspecified atom stereocenters. The lowest BCUT2D eigenvalue weighted by Gasteiger charge is -2.30. The van der Waals surface area contributed by atoms with E-state index in [-0.39, 0.29) is 5.41 Å². The third-order valence-electron chi connectivity index (χ3n) is 5.52. The Morgan fingerprint density at radius 2 is 1.41 bits per heavy atom. The molecule has 0 fully saturated rings. The average molecular weight is 359 g/mol. The first kappa shape index (κ1) is 19.2. The zero-order valence-corrected chi connectivity index (χ0v) is 16.7. The van der Waals surface area contributed by atoms with E-state index in [1.165, 1.54) is 36.0 Å². The van der Waals surface area contributed by atoms with Crippen molar-refractivity contribution in [1.29, 1.82) is 0 Å². The number of unbranched alkanes of at least 4 members (excludes halogenated alkanes) is 2. The molecule has 0 saturated heterocycles. The number of aryl methyl sites for hydroxylation is 1. The van der Waals surface area contributed by atoms with Crippen LogP contribution in [0.4, 0.5) is 0 Å². The molecule has 0 aliphatic heterocycles. The molecule has 3 aromatic carbocycles. The molecular weight excluding hydrogens is 328 g/mol. The lowest BCUT2D eigenvalue weighted by molar-refractivity contribution is 0.454. The Morgan fingerprint density at radius 3 is 2.15 bits per heavy atom. The molecule has 0 spiro atoms. The van der Waals surface area contributed by atoms with E-state index in [0.29, 0.717) is 5.75 Å². The average Bonchev–Trinajstić information content (AvgIpc) is 2.69. The molecule has 1 nitrogen and oxygen atoms in total. The molecule has 0 aliphatic carbocycles. The van der Waals surface area contributed by atoms with Gasteiger partial charge in [0, 0.05) is 11.0 Å². The van der Waals surface area contributed by atoms with Crippen LogP contribution in [0.3, 0.4) is 0 Å². The quantitative estimate of drug-likeness (QED) is 0.446. The highest BCUT2D eigenvalue weighted by molar-refractivity contribution is 5.75. The summed E-state index contributed by atoms with van der Waals surface area (Å²) in [5.74, 6) is 0.365. The number of hydrogen-bond acceptors (Lipinski definition) is 1. The molecule has 0 radical (unpaired) electrons. The predicted molar refractivity (Wildman–Crippen MR) is 115 cm³/mol. The van der Waals surface area contributed by atoms with Gasteiger partial charge in [-0.25, -0.2) is 0 Å². The molecule has 0 heterocycles. The topological polar surface area (TPSA) is 20.2 Å². The monoisotopic (exact) mass is 358 g/mol. The molecule has 0 saturated carbocycles. The predicted octanol–water partition coefficient (Wildman–Crippen LogP) is 7.12. The third-order valence-corrected chi connectivity index (χ3v) is 5.52. The zero-order valence-electron chi connectivity index (χ0n) is 16.7. The minimum atomic E-state index is -0.293. The van der Waals surface area contributed by atoms with E-state index >= 15 is 0 Å².